The highest BCUT2D eigenvalue weighted by Crippen LogP contribution is 2.40. The van der Waals surface area contributed by atoms with Gasteiger partial charge >= 0.3 is 5.97 Å². The van der Waals surface area contributed by atoms with Crippen LogP contribution in [0, 0.1) is 6.92 Å². The number of thiocarbonyl (C=S) groups is 1. The minimum absolute atomic E-state index is 0.311. The number of hydrogen-bond acceptors (Lipinski definition) is 4. The summed E-state index contributed by atoms with van der Waals surface area (Å²) in [6.45, 7) is 10.7. The summed E-state index contributed by atoms with van der Waals surface area (Å²) in [5, 5.41) is 4.75. The molecule has 1 aromatic carbocycles. The average molecular weight is 419 g/mol. The number of carbonyl (C=O) groups excluding carboxylic acids is 1. The number of benzene rings is 1. The molecule has 0 fully saturated rings. The molecule has 0 radical (unpaired) electrons. The minimum Gasteiger partial charge on any atom is -0.465 e. The summed E-state index contributed by atoms with van der Waals surface area (Å²) in [6.07, 6.45) is 1.99. The van der Waals surface area contributed by atoms with Crippen molar-refractivity contribution in [3.8, 4) is 11.1 Å². The molecule has 0 spiro atoms. The Balaban J connectivity index is 2.48. The second kappa shape index (κ2) is 10.0. The number of thiophene rings is 1. The van der Waals surface area contributed by atoms with Crippen molar-refractivity contribution in [3.63, 3.8) is 0 Å². The lowest BCUT2D eigenvalue weighted by Crippen LogP contribution is -2.46. The molecule has 4 nitrogen and oxygen atoms in total. The van der Waals surface area contributed by atoms with Gasteiger partial charge in [0.1, 0.15) is 10.6 Å². The zero-order chi connectivity index (χ0) is 20.8. The van der Waals surface area contributed by atoms with Gasteiger partial charge in [-0.25, -0.2) is 4.79 Å². The summed E-state index contributed by atoms with van der Waals surface area (Å²) in [6, 6.07) is 10.5. The molecule has 0 bridgehead atoms. The van der Waals surface area contributed by atoms with E-state index in [0.717, 1.165) is 33.8 Å². The fourth-order valence-electron chi connectivity index (χ4n) is 3.27. The molecular weight excluding hydrogens is 388 g/mol. The molecule has 1 aromatic heterocycles. The predicted octanol–water partition coefficient (Wildman–Crippen LogP) is 6.11. The molecule has 152 valence electrons. The van der Waals surface area contributed by atoms with Gasteiger partial charge in [0.05, 0.1) is 7.11 Å². The summed E-state index contributed by atoms with van der Waals surface area (Å²) in [7, 11) is 1.41. The summed E-state index contributed by atoms with van der Waals surface area (Å²) in [4.78, 5) is 15.9. The van der Waals surface area contributed by atoms with E-state index in [9.17, 15) is 4.79 Å². The molecule has 0 saturated carbocycles. The molecule has 2 rings (SSSR count). The smallest absolute Gasteiger partial charge is 0.341 e. The van der Waals surface area contributed by atoms with E-state index in [2.05, 4.69) is 37.9 Å². The van der Waals surface area contributed by atoms with Crippen LogP contribution in [0.3, 0.4) is 0 Å². The fourth-order valence-corrected chi connectivity index (χ4v) is 4.86. The van der Waals surface area contributed by atoms with Gasteiger partial charge in [-0.15, -0.1) is 11.3 Å². The van der Waals surface area contributed by atoms with Crippen LogP contribution >= 0.6 is 23.6 Å². The molecule has 2 atom stereocenters. The number of rotatable bonds is 7. The van der Waals surface area contributed by atoms with E-state index in [1.54, 1.807) is 0 Å². The zero-order valence-corrected chi connectivity index (χ0v) is 19.2. The van der Waals surface area contributed by atoms with Gasteiger partial charge in [0.15, 0.2) is 5.11 Å². The van der Waals surface area contributed by atoms with Crippen LogP contribution in [0.15, 0.2) is 30.3 Å². The molecule has 0 saturated heterocycles. The Kier molecular flexibility index (Phi) is 8.01. The van der Waals surface area contributed by atoms with E-state index in [0.29, 0.717) is 22.8 Å². The van der Waals surface area contributed by atoms with Gasteiger partial charge < -0.3 is 15.0 Å². The fraction of sp³-hybridized carbons (Fsp3) is 0.455. The molecule has 1 N–H and O–H groups in total. The van der Waals surface area contributed by atoms with Crippen LogP contribution in [-0.4, -0.2) is 35.2 Å². The minimum atomic E-state index is -0.355. The number of ether oxygens (including phenoxy) is 1. The Morgan fingerprint density at radius 2 is 1.75 bits per heavy atom. The molecular formula is C22H30N2O2S2. The maximum Gasteiger partial charge on any atom is 0.341 e. The first-order valence-corrected chi connectivity index (χ1v) is 10.9. The molecule has 1 heterocycles. The van der Waals surface area contributed by atoms with Crippen molar-refractivity contribution in [3.05, 3.63) is 40.8 Å². The number of carbonyl (C=O) groups is 1. The predicted molar refractivity (Wildman–Crippen MR) is 123 cm³/mol. The third-order valence-corrected chi connectivity index (χ3v) is 6.46. The van der Waals surface area contributed by atoms with Crippen molar-refractivity contribution < 1.29 is 9.53 Å². The van der Waals surface area contributed by atoms with Gasteiger partial charge in [-0.05, 0) is 51.4 Å². The number of aryl methyl sites for hydroxylation is 1. The van der Waals surface area contributed by atoms with E-state index in [4.69, 9.17) is 17.0 Å². The first-order chi connectivity index (χ1) is 13.3. The van der Waals surface area contributed by atoms with Crippen LogP contribution in [0.2, 0.25) is 0 Å². The van der Waals surface area contributed by atoms with Crippen LogP contribution in [0.5, 0.6) is 0 Å². The number of nitrogens with one attached hydrogen (secondary N) is 1. The van der Waals surface area contributed by atoms with E-state index in [-0.39, 0.29) is 5.97 Å². The number of methoxy groups -OCH3 is 1. The van der Waals surface area contributed by atoms with Crippen LogP contribution in [-0.2, 0) is 4.74 Å². The van der Waals surface area contributed by atoms with Crippen molar-refractivity contribution in [1.29, 1.82) is 0 Å². The third-order valence-electron chi connectivity index (χ3n) is 5.12. The van der Waals surface area contributed by atoms with Gasteiger partial charge in [0.2, 0.25) is 0 Å². The quantitative estimate of drug-likeness (QED) is 0.434. The molecule has 0 aliphatic carbocycles. The Bertz CT molecular complexity index is 807. The van der Waals surface area contributed by atoms with Gasteiger partial charge in [0, 0.05) is 22.5 Å². The molecule has 2 aromatic rings. The zero-order valence-electron chi connectivity index (χ0n) is 17.5. The summed E-state index contributed by atoms with van der Waals surface area (Å²) in [5.41, 5.74) is 2.45. The lowest BCUT2D eigenvalue weighted by atomic mass is 10.0. The van der Waals surface area contributed by atoms with Gasteiger partial charge in [-0.3, -0.25) is 0 Å². The van der Waals surface area contributed by atoms with E-state index < -0.39 is 0 Å². The molecule has 0 aliphatic heterocycles. The molecule has 0 amide bonds. The Morgan fingerprint density at radius 3 is 2.25 bits per heavy atom. The van der Waals surface area contributed by atoms with Crippen molar-refractivity contribution in [2.45, 2.75) is 59.5 Å². The highest BCUT2D eigenvalue weighted by atomic mass is 32.1. The van der Waals surface area contributed by atoms with E-state index in [1.165, 1.54) is 18.4 Å². The largest absolute Gasteiger partial charge is 0.465 e. The van der Waals surface area contributed by atoms with Crippen LogP contribution in [0.4, 0.5) is 5.00 Å². The number of hydrogen-bond donors (Lipinski definition) is 1. The normalized spacial score (nSPS) is 12.9. The van der Waals surface area contributed by atoms with Gasteiger partial charge in [0.25, 0.3) is 0 Å². The molecule has 2 unspecified atom stereocenters. The second-order valence-corrected chi connectivity index (χ2v) is 8.56. The monoisotopic (exact) mass is 418 g/mol. The maximum atomic E-state index is 12.7. The summed E-state index contributed by atoms with van der Waals surface area (Å²) in [5.74, 6) is -0.355. The third kappa shape index (κ3) is 4.73. The van der Waals surface area contributed by atoms with Crippen LogP contribution in [0.25, 0.3) is 11.1 Å². The maximum absolute atomic E-state index is 12.7. The van der Waals surface area contributed by atoms with Crippen LogP contribution in [0.1, 0.15) is 55.8 Å². The van der Waals surface area contributed by atoms with Gasteiger partial charge in [-0.2, -0.15) is 0 Å². The van der Waals surface area contributed by atoms with Crippen molar-refractivity contribution >= 4 is 39.6 Å². The average Bonchev–Trinajstić information content (AvgIpc) is 3.03. The van der Waals surface area contributed by atoms with Gasteiger partial charge in [-0.1, -0.05) is 44.2 Å². The lowest BCUT2D eigenvalue weighted by molar-refractivity contribution is 0.0603. The van der Waals surface area contributed by atoms with Crippen molar-refractivity contribution in [1.82, 2.24) is 4.90 Å². The van der Waals surface area contributed by atoms with E-state index in [1.807, 2.05) is 37.3 Å². The first kappa shape index (κ1) is 22.4. The standard InChI is InChI=1S/C22H30N2O2S2/c1-7-14(3)24(15(4)8-2)22(27)23-20-19(21(25)26-6)18(16(5)28-20)17-12-10-9-11-13-17/h9-15H,7-8H2,1-6H3,(H,23,27). The second-order valence-electron chi connectivity index (χ2n) is 6.95. The molecule has 0 aliphatic rings. The highest BCUT2D eigenvalue weighted by molar-refractivity contribution is 7.80. The Morgan fingerprint density at radius 1 is 1.18 bits per heavy atom. The van der Waals surface area contributed by atoms with Crippen molar-refractivity contribution in [2.24, 2.45) is 0 Å². The summed E-state index contributed by atoms with van der Waals surface area (Å²) < 4.78 is 5.10. The number of anilines is 1. The highest BCUT2D eigenvalue weighted by Gasteiger charge is 2.27. The summed E-state index contributed by atoms with van der Waals surface area (Å²) >= 11 is 7.30. The van der Waals surface area contributed by atoms with Crippen molar-refractivity contribution in [2.75, 3.05) is 12.4 Å². The molecule has 28 heavy (non-hydrogen) atoms. The SMILES string of the molecule is CCC(C)N(C(=S)Nc1sc(C)c(-c2ccccc2)c1C(=O)OC)C(C)CC. The van der Waals surface area contributed by atoms with Crippen LogP contribution < -0.4 is 5.32 Å². The molecule has 6 heteroatoms. The topological polar surface area (TPSA) is 41.6 Å². The Hall–Kier alpha value is -1.92. The van der Waals surface area contributed by atoms with E-state index >= 15 is 0 Å². The lowest BCUT2D eigenvalue weighted by Gasteiger charge is -2.36. The Labute approximate surface area is 177 Å². The number of nitrogens with zero attached hydrogens (tertiary/aromatic N) is 1. The number of esters is 1. The first-order valence-electron chi connectivity index (χ1n) is 9.71.